The summed E-state index contributed by atoms with van der Waals surface area (Å²) in [4.78, 5) is 10.9. The molecule has 0 bridgehead atoms. The zero-order valence-corrected chi connectivity index (χ0v) is 9.74. The molecule has 2 rings (SSSR count). The van der Waals surface area contributed by atoms with Crippen LogP contribution in [0.5, 0.6) is 0 Å². The Bertz CT molecular complexity index is 437. The molecule has 0 spiro atoms. The molecule has 0 aliphatic heterocycles. The Morgan fingerprint density at radius 2 is 1.93 bits per heavy atom. The maximum absolute atomic E-state index is 5.98. The van der Waals surface area contributed by atoms with Crippen LogP contribution in [0.25, 0.3) is 11.2 Å². The Labute approximate surface area is 92.5 Å². The van der Waals surface area contributed by atoms with Gasteiger partial charge >= 0.3 is 0 Å². The van der Waals surface area contributed by atoms with E-state index in [0.29, 0.717) is 15.8 Å². The lowest BCUT2D eigenvalue weighted by Gasteiger charge is -1.99. The number of imidazole rings is 1. The van der Waals surface area contributed by atoms with Crippen molar-refractivity contribution in [2.75, 3.05) is 0 Å². The van der Waals surface area contributed by atoms with E-state index in [9.17, 15) is 0 Å². The quantitative estimate of drug-likeness (QED) is 0.705. The first-order valence-electron chi connectivity index (χ1n) is 4.35. The summed E-state index contributed by atoms with van der Waals surface area (Å²) >= 11 is 11.8. The van der Waals surface area contributed by atoms with E-state index in [1.807, 2.05) is 20.8 Å². The van der Waals surface area contributed by atoms with Gasteiger partial charge in [0.1, 0.15) is 10.7 Å². The van der Waals surface area contributed by atoms with Crippen LogP contribution in [-0.4, -0.2) is 15.0 Å². The average molecular weight is 232 g/mol. The van der Waals surface area contributed by atoms with Crippen LogP contribution in [-0.2, 0) is 0 Å². The fourth-order valence-corrected chi connectivity index (χ4v) is 1.44. The van der Waals surface area contributed by atoms with Gasteiger partial charge in [-0.25, -0.2) is 9.97 Å². The van der Waals surface area contributed by atoms with Crippen molar-refractivity contribution in [2.45, 2.75) is 20.8 Å². The smallest absolute Gasteiger partial charge is 0.180 e. The fourth-order valence-electron chi connectivity index (χ4n) is 0.988. The molecule has 0 radical (unpaired) electrons. The number of hydrogen-bond donors (Lipinski definition) is 1. The molecule has 3 nitrogen and oxygen atoms in total. The Morgan fingerprint density at radius 1 is 1.29 bits per heavy atom. The summed E-state index contributed by atoms with van der Waals surface area (Å²) in [5.74, 6) is 0. The van der Waals surface area contributed by atoms with Gasteiger partial charge in [-0.1, -0.05) is 37.0 Å². The van der Waals surface area contributed by atoms with Gasteiger partial charge in [0.05, 0.1) is 11.3 Å². The summed E-state index contributed by atoms with van der Waals surface area (Å²) < 4.78 is 0. The zero-order valence-electron chi connectivity index (χ0n) is 8.23. The van der Waals surface area contributed by atoms with Crippen LogP contribution in [0, 0.1) is 6.92 Å². The minimum Gasteiger partial charge on any atom is -0.342 e. The highest BCUT2D eigenvalue weighted by atomic mass is 35.5. The number of pyridine rings is 1. The van der Waals surface area contributed by atoms with Crippen LogP contribution in [0.4, 0.5) is 0 Å². The molecule has 0 saturated heterocycles. The summed E-state index contributed by atoms with van der Waals surface area (Å²) in [6.07, 6.45) is 1.54. The van der Waals surface area contributed by atoms with Gasteiger partial charge in [-0.3, -0.25) is 0 Å². The van der Waals surface area contributed by atoms with Gasteiger partial charge in [0.2, 0.25) is 0 Å². The number of nitrogens with zero attached hydrogens (tertiary/aromatic N) is 2. The first-order chi connectivity index (χ1) is 6.70. The van der Waals surface area contributed by atoms with E-state index >= 15 is 0 Å². The molecule has 0 aliphatic carbocycles. The number of aromatic nitrogens is 3. The molecule has 0 unspecified atom stereocenters. The number of aromatic amines is 1. The lowest BCUT2D eigenvalue weighted by Crippen LogP contribution is -1.85. The van der Waals surface area contributed by atoms with Crippen LogP contribution >= 0.6 is 23.2 Å². The minimum atomic E-state index is 0.402. The monoisotopic (exact) mass is 231 g/mol. The number of rotatable bonds is 0. The third-order valence-corrected chi connectivity index (χ3v) is 2.52. The predicted octanol–water partition coefficient (Wildman–Crippen LogP) is 3.60. The third-order valence-electron chi connectivity index (χ3n) is 1.68. The van der Waals surface area contributed by atoms with Gasteiger partial charge in [-0.2, -0.15) is 0 Å². The molecular formula is C9H11Cl2N3. The fraction of sp³-hybridized carbons (Fsp3) is 0.333. The summed E-state index contributed by atoms with van der Waals surface area (Å²) in [5, 5.41) is 0.988. The third kappa shape index (κ3) is 1.83. The molecule has 1 N–H and O–H groups in total. The second kappa shape index (κ2) is 4.62. The lowest BCUT2D eigenvalue weighted by atomic mass is 10.3. The van der Waals surface area contributed by atoms with E-state index in [1.165, 1.54) is 0 Å². The van der Waals surface area contributed by atoms with Crippen LogP contribution in [0.1, 0.15) is 19.4 Å². The molecule has 2 heterocycles. The molecule has 0 aromatic carbocycles. The Hall–Kier alpha value is -0.800. The second-order valence-corrected chi connectivity index (χ2v) is 3.18. The largest absolute Gasteiger partial charge is 0.342 e. The maximum atomic E-state index is 5.98. The van der Waals surface area contributed by atoms with E-state index in [2.05, 4.69) is 15.0 Å². The van der Waals surface area contributed by atoms with Crippen LogP contribution in [0.3, 0.4) is 0 Å². The van der Waals surface area contributed by atoms with Crippen molar-refractivity contribution in [3.05, 3.63) is 22.1 Å². The molecular weight excluding hydrogens is 221 g/mol. The van der Waals surface area contributed by atoms with Crippen molar-refractivity contribution in [1.29, 1.82) is 0 Å². The maximum Gasteiger partial charge on any atom is 0.180 e. The van der Waals surface area contributed by atoms with Crippen molar-refractivity contribution >= 4 is 34.4 Å². The predicted molar refractivity (Wildman–Crippen MR) is 60.0 cm³/mol. The standard InChI is InChI=1S/C7H5Cl2N3.C2H6/c1-3-4(8)5-7(11-2-10-5)12-6(3)9;1-2/h2H,1H3,(H,10,11,12);1-2H3. The zero-order chi connectivity index (χ0) is 10.7. The van der Waals surface area contributed by atoms with E-state index in [4.69, 9.17) is 23.2 Å². The van der Waals surface area contributed by atoms with Crippen molar-refractivity contribution in [3.8, 4) is 0 Å². The van der Waals surface area contributed by atoms with Gasteiger partial charge in [0.25, 0.3) is 0 Å². The van der Waals surface area contributed by atoms with E-state index in [-0.39, 0.29) is 0 Å². The number of hydrogen-bond acceptors (Lipinski definition) is 2. The summed E-state index contributed by atoms with van der Waals surface area (Å²) in [7, 11) is 0. The molecule has 14 heavy (non-hydrogen) atoms. The minimum absolute atomic E-state index is 0.402. The van der Waals surface area contributed by atoms with Gasteiger partial charge in [0.15, 0.2) is 5.65 Å². The summed E-state index contributed by atoms with van der Waals surface area (Å²) in [5.41, 5.74) is 2.06. The van der Waals surface area contributed by atoms with Crippen LogP contribution in [0.2, 0.25) is 10.2 Å². The van der Waals surface area contributed by atoms with E-state index in [1.54, 1.807) is 6.33 Å². The summed E-state index contributed by atoms with van der Waals surface area (Å²) in [6.45, 7) is 5.82. The van der Waals surface area contributed by atoms with Crippen molar-refractivity contribution in [1.82, 2.24) is 15.0 Å². The first-order valence-corrected chi connectivity index (χ1v) is 5.10. The first kappa shape index (κ1) is 11.3. The number of fused-ring (bicyclic) bond motifs is 1. The number of halogens is 2. The van der Waals surface area contributed by atoms with Gasteiger partial charge in [-0.05, 0) is 6.92 Å². The highest BCUT2D eigenvalue weighted by molar-refractivity contribution is 6.38. The molecule has 2 aromatic rings. The van der Waals surface area contributed by atoms with Gasteiger partial charge in [0, 0.05) is 5.56 Å². The molecule has 0 fully saturated rings. The molecule has 0 amide bonds. The van der Waals surface area contributed by atoms with Crippen molar-refractivity contribution < 1.29 is 0 Å². The van der Waals surface area contributed by atoms with E-state index < -0.39 is 0 Å². The molecule has 0 atom stereocenters. The molecule has 2 aromatic heterocycles. The van der Waals surface area contributed by atoms with Crippen LogP contribution in [0.15, 0.2) is 6.33 Å². The molecule has 0 saturated carbocycles. The average Bonchev–Trinajstić information content (AvgIpc) is 2.65. The van der Waals surface area contributed by atoms with Gasteiger partial charge in [-0.15, -0.1) is 0 Å². The number of nitrogens with one attached hydrogen (secondary N) is 1. The molecule has 0 aliphatic rings. The molecule has 76 valence electrons. The van der Waals surface area contributed by atoms with Gasteiger partial charge < -0.3 is 4.98 Å². The Balaban J connectivity index is 0.000000461. The number of H-pyrrole nitrogens is 1. The normalized spacial score (nSPS) is 9.79. The highest BCUT2D eigenvalue weighted by Crippen LogP contribution is 2.27. The SMILES string of the molecule is CC.Cc1c(Cl)nc2nc[nH]c2c1Cl. The topological polar surface area (TPSA) is 41.6 Å². The van der Waals surface area contributed by atoms with Crippen molar-refractivity contribution in [3.63, 3.8) is 0 Å². The molecule has 5 heteroatoms. The Kier molecular flexibility index (Phi) is 3.72. The highest BCUT2D eigenvalue weighted by Gasteiger charge is 2.09. The Morgan fingerprint density at radius 3 is 2.57 bits per heavy atom. The summed E-state index contributed by atoms with van der Waals surface area (Å²) in [6, 6.07) is 0. The lowest BCUT2D eigenvalue weighted by molar-refractivity contribution is 1.28. The van der Waals surface area contributed by atoms with E-state index in [0.717, 1.165) is 11.1 Å². The van der Waals surface area contributed by atoms with Crippen LogP contribution < -0.4 is 0 Å². The second-order valence-electron chi connectivity index (χ2n) is 2.44. The van der Waals surface area contributed by atoms with Crippen molar-refractivity contribution in [2.24, 2.45) is 0 Å².